The summed E-state index contributed by atoms with van der Waals surface area (Å²) < 4.78 is 21.5. The number of carbonyl (C=O) groups is 4. The largest absolute Gasteiger partial charge is 0.379 e. The number of nitrogens with one attached hydrogen (secondary N) is 1. The van der Waals surface area contributed by atoms with E-state index in [1.165, 1.54) is 83.5 Å². The third-order valence-electron chi connectivity index (χ3n) is 8.37. The highest BCUT2D eigenvalue weighted by Crippen LogP contribution is 2.14. The van der Waals surface area contributed by atoms with Crippen molar-refractivity contribution in [2.75, 3.05) is 65.9 Å². The van der Waals surface area contributed by atoms with Crippen molar-refractivity contribution in [2.45, 2.75) is 143 Å². The zero-order valence-electron chi connectivity index (χ0n) is 31.0. The van der Waals surface area contributed by atoms with Crippen LogP contribution >= 0.6 is 0 Å². The Morgan fingerprint density at radius 3 is 1.58 bits per heavy atom. The Morgan fingerprint density at radius 2 is 1.04 bits per heavy atom. The molecule has 0 aliphatic rings. The first-order chi connectivity index (χ1) is 23.3. The number of carbonyl (C=O) groups excluding carboxylic acids is 4. The number of ketones is 3. The normalized spacial score (nSPS) is 12.0. The van der Waals surface area contributed by atoms with Gasteiger partial charge >= 0.3 is 0 Å². The topological polar surface area (TPSA) is 143 Å². The van der Waals surface area contributed by atoms with E-state index in [2.05, 4.69) is 12.2 Å². The van der Waals surface area contributed by atoms with Crippen LogP contribution in [0.3, 0.4) is 0 Å². The lowest BCUT2D eigenvalue weighted by molar-refractivity contribution is -0.129. The van der Waals surface area contributed by atoms with E-state index >= 15 is 0 Å². The van der Waals surface area contributed by atoms with Gasteiger partial charge in [0.25, 0.3) is 0 Å². The molecule has 10 nitrogen and oxygen atoms in total. The van der Waals surface area contributed by atoms with E-state index in [0.29, 0.717) is 58.8 Å². The van der Waals surface area contributed by atoms with E-state index in [0.717, 1.165) is 12.8 Å². The van der Waals surface area contributed by atoms with Gasteiger partial charge in [0.1, 0.15) is 19.0 Å². The third kappa shape index (κ3) is 31.5. The fraction of sp³-hybridized carbons (Fsp3) is 0.895. The molecule has 0 aromatic carbocycles. The number of ether oxygens (including phenoxy) is 4. The smallest absolute Gasteiger partial charge is 0.224 e. The Kier molecular flexibility index (Phi) is 33.9. The molecule has 0 aliphatic heterocycles. The zero-order chi connectivity index (χ0) is 35.5. The van der Waals surface area contributed by atoms with E-state index in [-0.39, 0.29) is 62.0 Å². The van der Waals surface area contributed by atoms with Gasteiger partial charge in [-0.1, -0.05) is 111 Å². The maximum absolute atomic E-state index is 12.5. The van der Waals surface area contributed by atoms with Crippen molar-refractivity contribution in [3.05, 3.63) is 0 Å². The van der Waals surface area contributed by atoms with Crippen molar-refractivity contribution in [3.8, 4) is 0 Å². The predicted molar refractivity (Wildman–Crippen MR) is 192 cm³/mol. The molecule has 0 spiro atoms. The minimum absolute atomic E-state index is 0.00777. The molecule has 0 aromatic rings. The average Bonchev–Trinajstić information content (AvgIpc) is 3.07. The maximum atomic E-state index is 12.5. The summed E-state index contributed by atoms with van der Waals surface area (Å²) in [6.07, 6.45) is 21.0. The van der Waals surface area contributed by atoms with Crippen molar-refractivity contribution in [1.82, 2.24) is 5.32 Å². The molecule has 0 saturated heterocycles. The number of amides is 1. The van der Waals surface area contributed by atoms with Crippen LogP contribution in [0.4, 0.5) is 0 Å². The number of nitrogens with two attached hydrogens (primary N) is 1. The van der Waals surface area contributed by atoms with E-state index in [4.69, 9.17) is 24.7 Å². The second-order valence-electron chi connectivity index (χ2n) is 13.3. The molecule has 0 heterocycles. The lowest BCUT2D eigenvalue weighted by atomic mass is 9.98. The molecule has 282 valence electrons. The molecule has 48 heavy (non-hydrogen) atoms. The molecule has 0 unspecified atom stereocenters. The van der Waals surface area contributed by atoms with Gasteiger partial charge in [-0.05, 0) is 12.8 Å². The summed E-state index contributed by atoms with van der Waals surface area (Å²) in [7, 11) is 0. The fourth-order valence-electron chi connectivity index (χ4n) is 5.15. The molecule has 0 aliphatic carbocycles. The van der Waals surface area contributed by atoms with Gasteiger partial charge in [-0.15, -0.1) is 0 Å². The minimum atomic E-state index is -0.512. The van der Waals surface area contributed by atoms with Gasteiger partial charge in [-0.3, -0.25) is 19.2 Å². The summed E-state index contributed by atoms with van der Waals surface area (Å²) in [5.41, 5.74) is 5.79. The van der Waals surface area contributed by atoms with Crippen molar-refractivity contribution in [2.24, 2.45) is 17.6 Å². The van der Waals surface area contributed by atoms with Gasteiger partial charge in [0, 0.05) is 44.9 Å². The lowest BCUT2D eigenvalue weighted by Gasteiger charge is -2.14. The molecule has 0 radical (unpaired) electrons. The number of Topliss-reactive ketones (excluding diaryl/α,β-unsaturated/α-hetero) is 3. The van der Waals surface area contributed by atoms with Crippen LogP contribution in [0.15, 0.2) is 0 Å². The van der Waals surface area contributed by atoms with Gasteiger partial charge in [0.2, 0.25) is 5.91 Å². The van der Waals surface area contributed by atoms with Crippen LogP contribution in [-0.4, -0.2) is 89.2 Å². The van der Waals surface area contributed by atoms with Crippen LogP contribution < -0.4 is 11.1 Å². The molecule has 1 amide bonds. The van der Waals surface area contributed by atoms with E-state index < -0.39 is 5.92 Å². The van der Waals surface area contributed by atoms with Gasteiger partial charge in [0.05, 0.1) is 39.0 Å². The number of hydrogen-bond donors (Lipinski definition) is 2. The molecular formula is C38H72N2O8. The summed E-state index contributed by atoms with van der Waals surface area (Å²) in [6.45, 7) is 8.60. The second-order valence-corrected chi connectivity index (χ2v) is 13.3. The van der Waals surface area contributed by atoms with Crippen LogP contribution in [0.5, 0.6) is 0 Å². The van der Waals surface area contributed by atoms with Gasteiger partial charge < -0.3 is 30.0 Å². The Morgan fingerprint density at radius 1 is 0.562 bits per heavy atom. The Hall–Kier alpha value is -1.72. The van der Waals surface area contributed by atoms with Crippen LogP contribution in [0.2, 0.25) is 0 Å². The number of hydrogen-bond acceptors (Lipinski definition) is 9. The molecule has 0 rings (SSSR count). The Labute approximate surface area is 292 Å². The molecule has 1 atom stereocenters. The summed E-state index contributed by atoms with van der Waals surface area (Å²) in [5.74, 6) is -0.598. The summed E-state index contributed by atoms with van der Waals surface area (Å²) in [5, 5.41) is 2.80. The standard InChI is InChI=1S/C38H72N2O8/c1-4-5-6-7-8-9-10-11-12-13-14-15-16-17-18-20-35(41)29-34(30-39)38(44)40-22-24-46-26-27-47-31-36(42)21-19-23-45-25-28-48-32-37(43)33(2)3/h33-34H,4-32,39H2,1-3H3,(H,40,44)/t34-/m0/s1. The quantitative estimate of drug-likeness (QED) is 0.0693. The van der Waals surface area contributed by atoms with Crippen molar-refractivity contribution >= 4 is 23.3 Å². The predicted octanol–water partition coefficient (Wildman–Crippen LogP) is 6.54. The summed E-state index contributed by atoms with van der Waals surface area (Å²) >= 11 is 0. The van der Waals surface area contributed by atoms with Crippen LogP contribution in [0.25, 0.3) is 0 Å². The van der Waals surface area contributed by atoms with Crippen LogP contribution in [0.1, 0.15) is 143 Å². The molecule has 0 aromatic heterocycles. The Balaban J connectivity index is 3.60. The first-order valence-electron chi connectivity index (χ1n) is 19.2. The highest BCUT2D eigenvalue weighted by atomic mass is 16.5. The highest BCUT2D eigenvalue weighted by Gasteiger charge is 2.20. The first-order valence-corrected chi connectivity index (χ1v) is 19.2. The van der Waals surface area contributed by atoms with Gasteiger partial charge in [-0.2, -0.15) is 0 Å². The van der Waals surface area contributed by atoms with Crippen LogP contribution in [-0.2, 0) is 38.1 Å². The van der Waals surface area contributed by atoms with Crippen molar-refractivity contribution in [1.29, 1.82) is 0 Å². The monoisotopic (exact) mass is 685 g/mol. The second kappa shape index (κ2) is 35.1. The van der Waals surface area contributed by atoms with Gasteiger partial charge in [0.15, 0.2) is 11.6 Å². The third-order valence-corrected chi connectivity index (χ3v) is 8.37. The average molecular weight is 685 g/mol. The number of rotatable bonds is 38. The van der Waals surface area contributed by atoms with Crippen molar-refractivity contribution < 1.29 is 38.1 Å². The van der Waals surface area contributed by atoms with Crippen LogP contribution in [0, 0.1) is 11.8 Å². The zero-order valence-corrected chi connectivity index (χ0v) is 31.0. The lowest BCUT2D eigenvalue weighted by Crippen LogP contribution is -2.38. The summed E-state index contributed by atoms with van der Waals surface area (Å²) in [6, 6.07) is 0. The molecule has 10 heteroatoms. The van der Waals surface area contributed by atoms with Crippen molar-refractivity contribution in [3.63, 3.8) is 0 Å². The molecule has 3 N–H and O–H groups in total. The van der Waals surface area contributed by atoms with Gasteiger partial charge in [-0.25, -0.2) is 0 Å². The first kappa shape index (κ1) is 46.3. The Bertz CT molecular complexity index is 793. The molecule has 0 bridgehead atoms. The van der Waals surface area contributed by atoms with E-state index in [1.54, 1.807) is 0 Å². The van der Waals surface area contributed by atoms with E-state index in [9.17, 15) is 19.2 Å². The highest BCUT2D eigenvalue weighted by molar-refractivity contribution is 5.87. The summed E-state index contributed by atoms with van der Waals surface area (Å²) in [4.78, 5) is 48.2. The van der Waals surface area contributed by atoms with E-state index in [1.807, 2.05) is 13.8 Å². The fourth-order valence-corrected chi connectivity index (χ4v) is 5.15. The molecule has 0 fully saturated rings. The molecular weight excluding hydrogens is 612 g/mol. The number of unbranched alkanes of at least 4 members (excludes halogenated alkanes) is 14. The molecule has 0 saturated carbocycles. The SMILES string of the molecule is CCCCCCCCCCCCCCCCCC(=O)C[C@@H](CN)C(=O)NCCOCCOCC(=O)CCCOCCOCC(=O)C(C)C. The maximum Gasteiger partial charge on any atom is 0.224 e. The minimum Gasteiger partial charge on any atom is -0.379 e.